The number of hydrogen-bond acceptors (Lipinski definition) is 7. The lowest BCUT2D eigenvalue weighted by Gasteiger charge is -2.24. The van der Waals surface area contributed by atoms with Crippen LogP contribution in [0.2, 0.25) is 5.02 Å². The summed E-state index contributed by atoms with van der Waals surface area (Å²) in [5.74, 6) is -0.605. The third-order valence-electron chi connectivity index (χ3n) is 6.79. The standard InChI is InChI=1S/C28H30ClF2N7O2/c1-40-10-8-25(39)35-19-5-6-20(21(29)12-19)26-36-24-15-34-28(33-14-17-4-7-22(30)23(31)11-17)37-27(24)38(26)16-18-3-2-9-32-13-18/h4-7,11-12,15,18,32H,2-3,8-10,13-14,16H2,1H3,(H,35,39)(H,33,34,37)/t18-/m1/s1. The number of anilines is 2. The van der Waals surface area contributed by atoms with Crippen molar-refractivity contribution >= 4 is 40.3 Å². The second-order valence-corrected chi connectivity index (χ2v) is 10.2. The molecule has 1 amide bonds. The van der Waals surface area contributed by atoms with Gasteiger partial charge in [-0.2, -0.15) is 4.98 Å². The number of fused-ring (bicyclic) bond motifs is 1. The average molecular weight is 570 g/mol. The lowest BCUT2D eigenvalue weighted by atomic mass is 9.99. The van der Waals surface area contributed by atoms with Gasteiger partial charge >= 0.3 is 0 Å². The Labute approximate surface area is 235 Å². The van der Waals surface area contributed by atoms with Crippen LogP contribution < -0.4 is 16.0 Å². The summed E-state index contributed by atoms with van der Waals surface area (Å²) in [5, 5.41) is 9.81. The highest BCUT2D eigenvalue weighted by Gasteiger charge is 2.22. The summed E-state index contributed by atoms with van der Waals surface area (Å²) in [6, 6.07) is 9.07. The predicted octanol–water partition coefficient (Wildman–Crippen LogP) is 5.01. The highest BCUT2D eigenvalue weighted by Crippen LogP contribution is 2.33. The molecule has 3 N–H and O–H groups in total. The first-order chi connectivity index (χ1) is 19.4. The van der Waals surface area contributed by atoms with Gasteiger partial charge in [0.2, 0.25) is 11.9 Å². The van der Waals surface area contributed by atoms with Crippen molar-refractivity contribution < 1.29 is 18.3 Å². The van der Waals surface area contributed by atoms with Gasteiger partial charge in [-0.1, -0.05) is 17.7 Å². The molecule has 1 aliphatic heterocycles. The maximum Gasteiger partial charge on any atom is 0.226 e. The molecule has 1 fully saturated rings. The Hall–Kier alpha value is -3.67. The number of imidazole rings is 1. The molecule has 0 bridgehead atoms. The van der Waals surface area contributed by atoms with Crippen LogP contribution in [-0.2, 0) is 22.6 Å². The largest absolute Gasteiger partial charge is 0.384 e. The second-order valence-electron chi connectivity index (χ2n) is 9.75. The van der Waals surface area contributed by atoms with Gasteiger partial charge in [-0.25, -0.2) is 18.7 Å². The minimum absolute atomic E-state index is 0.165. The van der Waals surface area contributed by atoms with Crippen molar-refractivity contribution in [1.29, 1.82) is 0 Å². The third-order valence-corrected chi connectivity index (χ3v) is 7.10. The molecule has 2 aromatic carbocycles. The van der Waals surface area contributed by atoms with E-state index in [1.54, 1.807) is 25.4 Å². The summed E-state index contributed by atoms with van der Waals surface area (Å²) in [6.45, 7) is 3.10. The van der Waals surface area contributed by atoms with Gasteiger partial charge in [-0.05, 0) is 67.7 Å². The van der Waals surface area contributed by atoms with E-state index in [9.17, 15) is 13.6 Å². The molecule has 1 atom stereocenters. The molecule has 0 aliphatic carbocycles. The fourth-order valence-corrected chi connectivity index (χ4v) is 5.01. The zero-order chi connectivity index (χ0) is 28.1. The van der Waals surface area contributed by atoms with E-state index in [1.807, 2.05) is 6.07 Å². The first-order valence-electron chi connectivity index (χ1n) is 13.1. The minimum atomic E-state index is -0.906. The number of halogens is 3. The van der Waals surface area contributed by atoms with Gasteiger partial charge in [0.15, 0.2) is 17.3 Å². The summed E-state index contributed by atoms with van der Waals surface area (Å²) in [7, 11) is 1.55. The monoisotopic (exact) mass is 569 g/mol. The Balaban J connectivity index is 1.45. The maximum atomic E-state index is 13.6. The van der Waals surface area contributed by atoms with Crippen LogP contribution in [0, 0.1) is 17.6 Å². The van der Waals surface area contributed by atoms with Crippen LogP contribution in [0.5, 0.6) is 0 Å². The smallest absolute Gasteiger partial charge is 0.226 e. The Kier molecular flexibility index (Phi) is 8.83. The molecular formula is C28H30ClF2N7O2. The molecule has 0 spiro atoms. The number of amides is 1. The number of rotatable bonds is 10. The van der Waals surface area contributed by atoms with Crippen molar-refractivity contribution in [2.24, 2.45) is 5.92 Å². The van der Waals surface area contributed by atoms with Crippen molar-refractivity contribution in [3.8, 4) is 11.4 Å². The summed E-state index contributed by atoms with van der Waals surface area (Å²) in [4.78, 5) is 26.1. The van der Waals surface area contributed by atoms with E-state index in [1.165, 1.54) is 6.07 Å². The number of ether oxygens (including phenoxy) is 1. The number of hydrogen-bond donors (Lipinski definition) is 3. The maximum absolute atomic E-state index is 13.6. The molecule has 9 nitrogen and oxygen atoms in total. The summed E-state index contributed by atoms with van der Waals surface area (Å²) >= 11 is 6.72. The van der Waals surface area contributed by atoms with Crippen molar-refractivity contribution in [1.82, 2.24) is 24.8 Å². The van der Waals surface area contributed by atoms with Gasteiger partial charge in [0.25, 0.3) is 0 Å². The van der Waals surface area contributed by atoms with E-state index in [0.717, 1.165) is 38.1 Å². The van der Waals surface area contributed by atoms with Crippen LogP contribution in [-0.4, -0.2) is 52.2 Å². The van der Waals surface area contributed by atoms with Crippen molar-refractivity contribution in [2.75, 3.05) is 37.4 Å². The normalized spacial score (nSPS) is 15.3. The van der Waals surface area contributed by atoms with Gasteiger partial charge in [0.1, 0.15) is 11.3 Å². The van der Waals surface area contributed by atoms with Crippen molar-refractivity contribution in [2.45, 2.75) is 32.4 Å². The molecule has 0 unspecified atom stereocenters. The number of carbonyl (C=O) groups is 1. The summed E-state index contributed by atoms with van der Waals surface area (Å²) in [5.41, 5.74) is 3.08. The SMILES string of the molecule is COCCC(=O)Nc1ccc(-c2nc3cnc(NCc4ccc(F)c(F)c4)nc3n2C[C@@H]2CCCNC2)c(Cl)c1. The fraction of sp³-hybridized carbons (Fsp3) is 0.357. The average Bonchev–Trinajstić information content (AvgIpc) is 3.30. The highest BCUT2D eigenvalue weighted by molar-refractivity contribution is 6.33. The number of nitrogens with zero attached hydrogens (tertiary/aromatic N) is 4. The van der Waals surface area contributed by atoms with Crippen molar-refractivity contribution in [3.63, 3.8) is 0 Å². The van der Waals surface area contributed by atoms with Crippen LogP contribution >= 0.6 is 11.6 Å². The Morgan fingerprint density at radius 1 is 1.20 bits per heavy atom. The first-order valence-corrected chi connectivity index (χ1v) is 13.5. The Morgan fingerprint density at radius 2 is 2.08 bits per heavy atom. The van der Waals surface area contributed by atoms with E-state index in [-0.39, 0.29) is 18.9 Å². The molecule has 5 rings (SSSR count). The Morgan fingerprint density at radius 3 is 2.83 bits per heavy atom. The number of piperidine rings is 1. The van der Waals surface area contributed by atoms with E-state index in [0.29, 0.717) is 63.8 Å². The molecule has 0 radical (unpaired) electrons. The van der Waals surface area contributed by atoms with E-state index < -0.39 is 11.6 Å². The quantitative estimate of drug-likeness (QED) is 0.246. The second kappa shape index (κ2) is 12.7. The fourth-order valence-electron chi connectivity index (χ4n) is 4.74. The van der Waals surface area contributed by atoms with Crippen molar-refractivity contribution in [3.05, 3.63) is 64.8 Å². The number of nitrogens with one attached hydrogen (secondary N) is 3. The molecule has 210 valence electrons. The van der Waals surface area contributed by atoms with E-state index in [2.05, 4.69) is 25.5 Å². The summed E-state index contributed by atoms with van der Waals surface area (Å²) in [6.07, 6.45) is 4.03. The number of methoxy groups -OCH3 is 1. The molecule has 0 saturated carbocycles. The molecular weight excluding hydrogens is 540 g/mol. The van der Waals surface area contributed by atoms with Gasteiger partial charge in [-0.3, -0.25) is 4.79 Å². The Bertz CT molecular complexity index is 1510. The molecule has 40 heavy (non-hydrogen) atoms. The molecule has 1 aliphatic rings. The van der Waals surface area contributed by atoms with Crippen LogP contribution in [0.4, 0.5) is 20.4 Å². The van der Waals surface area contributed by atoms with E-state index in [4.69, 9.17) is 26.3 Å². The lowest BCUT2D eigenvalue weighted by molar-refractivity contribution is -0.117. The molecule has 12 heteroatoms. The van der Waals surface area contributed by atoms with Crippen LogP contribution in [0.1, 0.15) is 24.8 Å². The molecule has 3 heterocycles. The molecule has 1 saturated heterocycles. The lowest BCUT2D eigenvalue weighted by Crippen LogP contribution is -2.32. The number of carbonyl (C=O) groups excluding carboxylic acids is 1. The van der Waals surface area contributed by atoms with Crippen LogP contribution in [0.25, 0.3) is 22.6 Å². The van der Waals surface area contributed by atoms with Gasteiger partial charge in [0, 0.05) is 31.5 Å². The first kappa shape index (κ1) is 27.9. The number of aromatic nitrogens is 4. The van der Waals surface area contributed by atoms with E-state index >= 15 is 0 Å². The summed E-state index contributed by atoms with van der Waals surface area (Å²) < 4.78 is 33.9. The van der Waals surface area contributed by atoms with Crippen LogP contribution in [0.3, 0.4) is 0 Å². The zero-order valence-corrected chi connectivity index (χ0v) is 22.8. The van der Waals surface area contributed by atoms with Gasteiger partial charge < -0.3 is 25.3 Å². The van der Waals surface area contributed by atoms with Gasteiger partial charge in [0.05, 0.1) is 24.2 Å². The third kappa shape index (κ3) is 6.55. The molecule has 2 aromatic heterocycles. The molecule has 4 aromatic rings. The minimum Gasteiger partial charge on any atom is -0.384 e. The zero-order valence-electron chi connectivity index (χ0n) is 22.0. The topological polar surface area (TPSA) is 106 Å². The number of benzene rings is 2. The van der Waals surface area contributed by atoms with Crippen LogP contribution in [0.15, 0.2) is 42.6 Å². The van der Waals surface area contributed by atoms with Gasteiger partial charge in [-0.15, -0.1) is 0 Å². The predicted molar refractivity (Wildman–Crippen MR) is 150 cm³/mol. The highest BCUT2D eigenvalue weighted by atomic mass is 35.5.